The molecular weight excluding hydrogens is 326 g/mol. The van der Waals surface area contributed by atoms with Gasteiger partial charge in [0.25, 0.3) is 0 Å². The number of thiophene rings is 1. The van der Waals surface area contributed by atoms with E-state index >= 15 is 0 Å². The molecule has 7 heteroatoms. The van der Waals surface area contributed by atoms with Crippen molar-refractivity contribution in [1.29, 1.82) is 0 Å². The Morgan fingerprint density at radius 2 is 1.96 bits per heavy atom. The van der Waals surface area contributed by atoms with Crippen molar-refractivity contribution in [1.82, 2.24) is 25.1 Å². The van der Waals surface area contributed by atoms with Gasteiger partial charge in [-0.1, -0.05) is 25.3 Å². The van der Waals surface area contributed by atoms with Crippen molar-refractivity contribution < 1.29 is 0 Å². The Hall–Kier alpha value is -0.920. The van der Waals surface area contributed by atoms with E-state index in [1.165, 1.54) is 48.5 Å². The Morgan fingerprint density at radius 3 is 2.70 bits per heavy atom. The fourth-order valence-corrected chi connectivity index (χ4v) is 5.51. The Labute approximate surface area is 145 Å². The molecule has 1 aliphatic carbocycles. The highest BCUT2D eigenvalue weighted by Crippen LogP contribution is 2.35. The van der Waals surface area contributed by atoms with Gasteiger partial charge in [-0.2, -0.15) is 11.8 Å². The Bertz CT molecular complexity index is 600. The molecule has 5 nitrogen and oxygen atoms in total. The van der Waals surface area contributed by atoms with E-state index in [1.54, 1.807) is 0 Å². The number of rotatable bonds is 4. The summed E-state index contributed by atoms with van der Waals surface area (Å²) in [4.78, 5) is 3.93. The highest BCUT2D eigenvalue weighted by Gasteiger charge is 2.32. The van der Waals surface area contributed by atoms with Crippen LogP contribution in [0.15, 0.2) is 17.5 Å². The van der Waals surface area contributed by atoms with E-state index in [0.717, 1.165) is 18.9 Å². The van der Waals surface area contributed by atoms with Gasteiger partial charge in [-0.25, -0.2) is 4.68 Å². The largest absolute Gasteiger partial charge is 0.287 e. The molecule has 2 fully saturated rings. The maximum absolute atomic E-state index is 4.48. The van der Waals surface area contributed by atoms with Gasteiger partial charge in [-0.05, 0) is 34.7 Å². The van der Waals surface area contributed by atoms with E-state index in [1.807, 2.05) is 23.1 Å². The lowest BCUT2D eigenvalue weighted by Crippen LogP contribution is -2.38. The molecule has 0 aromatic carbocycles. The minimum atomic E-state index is 0.216. The fourth-order valence-electron chi connectivity index (χ4n) is 3.72. The minimum absolute atomic E-state index is 0.216. The molecule has 2 aliphatic rings. The summed E-state index contributed by atoms with van der Waals surface area (Å²) in [6.45, 7) is 2.23. The van der Waals surface area contributed by atoms with Gasteiger partial charge in [0, 0.05) is 29.5 Å². The van der Waals surface area contributed by atoms with Gasteiger partial charge in [0.15, 0.2) is 5.82 Å². The zero-order valence-corrected chi connectivity index (χ0v) is 14.9. The number of thioether (sulfide) groups is 1. The fraction of sp³-hybridized carbons (Fsp3) is 0.688. The highest BCUT2D eigenvalue weighted by molar-refractivity contribution is 7.99. The first-order valence-electron chi connectivity index (χ1n) is 8.56. The van der Waals surface area contributed by atoms with Gasteiger partial charge in [0.2, 0.25) is 0 Å². The van der Waals surface area contributed by atoms with Crippen LogP contribution in [0.25, 0.3) is 0 Å². The maximum Gasteiger partial charge on any atom is 0.174 e. The molecule has 124 valence electrons. The third kappa shape index (κ3) is 3.32. The summed E-state index contributed by atoms with van der Waals surface area (Å²) < 4.78 is 2.14. The smallest absolute Gasteiger partial charge is 0.174 e. The van der Waals surface area contributed by atoms with Crippen molar-refractivity contribution in [2.75, 3.05) is 24.6 Å². The van der Waals surface area contributed by atoms with E-state index < -0.39 is 0 Å². The Balaban J connectivity index is 1.67. The van der Waals surface area contributed by atoms with Crippen LogP contribution in [0.2, 0.25) is 0 Å². The Morgan fingerprint density at radius 1 is 1.13 bits per heavy atom. The monoisotopic (exact) mass is 349 g/mol. The zero-order valence-electron chi connectivity index (χ0n) is 13.3. The maximum atomic E-state index is 4.48. The SMILES string of the molecule is c1csc([C@@H](c2nnnn2C2CCCCC2)N2CCSCC2)c1. The number of hydrogen-bond acceptors (Lipinski definition) is 6. The summed E-state index contributed by atoms with van der Waals surface area (Å²) in [6, 6.07) is 5.07. The summed E-state index contributed by atoms with van der Waals surface area (Å²) in [5, 5.41) is 15.1. The van der Waals surface area contributed by atoms with Crippen LogP contribution in [-0.4, -0.2) is 49.7 Å². The lowest BCUT2D eigenvalue weighted by Gasteiger charge is -2.34. The van der Waals surface area contributed by atoms with E-state index in [2.05, 4.69) is 42.6 Å². The van der Waals surface area contributed by atoms with Crippen LogP contribution in [0.3, 0.4) is 0 Å². The molecule has 0 spiro atoms. The molecule has 0 radical (unpaired) electrons. The van der Waals surface area contributed by atoms with Crippen LogP contribution in [-0.2, 0) is 0 Å². The summed E-state index contributed by atoms with van der Waals surface area (Å²) in [6.07, 6.45) is 6.38. The quantitative estimate of drug-likeness (QED) is 0.847. The molecule has 1 atom stereocenters. The minimum Gasteiger partial charge on any atom is -0.287 e. The topological polar surface area (TPSA) is 46.8 Å². The third-order valence-electron chi connectivity index (χ3n) is 4.91. The lowest BCUT2D eigenvalue weighted by atomic mass is 9.95. The zero-order chi connectivity index (χ0) is 15.5. The summed E-state index contributed by atoms with van der Waals surface area (Å²) in [5.74, 6) is 3.45. The Kier molecular flexibility index (Phi) is 4.96. The molecule has 4 rings (SSSR count). The second kappa shape index (κ2) is 7.32. The normalized spacial score (nSPS) is 22.3. The molecule has 0 N–H and O–H groups in total. The first-order chi connectivity index (χ1) is 11.4. The average molecular weight is 350 g/mol. The molecule has 1 aliphatic heterocycles. The first-order valence-corrected chi connectivity index (χ1v) is 10.6. The van der Waals surface area contributed by atoms with Gasteiger partial charge in [-0.15, -0.1) is 16.4 Å². The molecule has 3 heterocycles. The second-order valence-electron chi connectivity index (χ2n) is 6.34. The predicted octanol–water partition coefficient (Wildman–Crippen LogP) is 3.38. The van der Waals surface area contributed by atoms with Gasteiger partial charge in [0.1, 0.15) is 6.04 Å². The van der Waals surface area contributed by atoms with Gasteiger partial charge >= 0.3 is 0 Å². The van der Waals surface area contributed by atoms with Crippen molar-refractivity contribution in [3.05, 3.63) is 28.2 Å². The highest BCUT2D eigenvalue weighted by atomic mass is 32.2. The summed E-state index contributed by atoms with van der Waals surface area (Å²) >= 11 is 3.87. The molecule has 0 bridgehead atoms. The molecule has 23 heavy (non-hydrogen) atoms. The molecule has 1 saturated heterocycles. The van der Waals surface area contributed by atoms with Crippen LogP contribution in [0.5, 0.6) is 0 Å². The predicted molar refractivity (Wildman–Crippen MR) is 95.0 cm³/mol. The van der Waals surface area contributed by atoms with Crippen molar-refractivity contribution in [2.24, 2.45) is 0 Å². The van der Waals surface area contributed by atoms with E-state index in [4.69, 9.17) is 0 Å². The number of aromatic nitrogens is 4. The van der Waals surface area contributed by atoms with Crippen molar-refractivity contribution in [2.45, 2.75) is 44.2 Å². The van der Waals surface area contributed by atoms with Gasteiger partial charge < -0.3 is 0 Å². The molecule has 0 unspecified atom stereocenters. The van der Waals surface area contributed by atoms with Crippen LogP contribution < -0.4 is 0 Å². The van der Waals surface area contributed by atoms with E-state index in [9.17, 15) is 0 Å². The molecular formula is C16H23N5S2. The number of tetrazole rings is 1. The van der Waals surface area contributed by atoms with E-state index in [0.29, 0.717) is 6.04 Å². The second-order valence-corrected chi connectivity index (χ2v) is 8.54. The van der Waals surface area contributed by atoms with Gasteiger partial charge in [-0.3, -0.25) is 4.90 Å². The van der Waals surface area contributed by atoms with Crippen molar-refractivity contribution >= 4 is 23.1 Å². The average Bonchev–Trinajstić information content (AvgIpc) is 3.30. The summed E-state index contributed by atoms with van der Waals surface area (Å²) in [5.41, 5.74) is 0. The summed E-state index contributed by atoms with van der Waals surface area (Å²) in [7, 11) is 0. The van der Waals surface area contributed by atoms with Gasteiger partial charge in [0.05, 0.1) is 6.04 Å². The molecule has 2 aromatic heterocycles. The molecule has 2 aromatic rings. The first kappa shape index (κ1) is 15.6. The van der Waals surface area contributed by atoms with Crippen molar-refractivity contribution in [3.8, 4) is 0 Å². The standard InChI is InChI=1S/C16H23N5S2/c1-2-5-13(6-3-1)21-16(17-18-19-21)15(14-7-4-10-23-14)20-8-11-22-12-9-20/h4,7,10,13,15H,1-3,5-6,8-9,11-12H2/t15-/m0/s1. The van der Waals surface area contributed by atoms with E-state index in [-0.39, 0.29) is 6.04 Å². The van der Waals surface area contributed by atoms with Crippen LogP contribution in [0.4, 0.5) is 0 Å². The van der Waals surface area contributed by atoms with Crippen molar-refractivity contribution in [3.63, 3.8) is 0 Å². The van der Waals surface area contributed by atoms with Crippen LogP contribution >= 0.6 is 23.1 Å². The van der Waals surface area contributed by atoms with Crippen LogP contribution in [0.1, 0.15) is 54.9 Å². The van der Waals surface area contributed by atoms with Crippen LogP contribution in [0, 0.1) is 0 Å². The molecule has 0 amide bonds. The lowest BCUT2D eigenvalue weighted by molar-refractivity contribution is 0.225. The number of nitrogens with zero attached hydrogens (tertiary/aromatic N) is 5. The number of hydrogen-bond donors (Lipinski definition) is 0. The molecule has 1 saturated carbocycles. The third-order valence-corrected chi connectivity index (χ3v) is 6.77.